The third kappa shape index (κ3) is 4.72. The molecule has 36 heavy (non-hydrogen) atoms. The standard InChI is InChI=1S/C27H24N6O3/c1-3-36-27(34)19-9-11-20(12-10-19)31-24-23-26(30-17-29-24)33(16-18-7-13-21(35-2)14-8-18)25(32-23)22-6-4-5-15-28-22/h4-15,17H,3,16H2,1-2H3,(H,29,30,31). The van der Waals surface area contributed by atoms with Gasteiger partial charge in [-0.1, -0.05) is 18.2 Å². The molecule has 0 radical (unpaired) electrons. The number of nitrogens with one attached hydrogen (secondary N) is 1. The lowest BCUT2D eigenvalue weighted by Crippen LogP contribution is -2.05. The fourth-order valence-corrected chi connectivity index (χ4v) is 3.82. The largest absolute Gasteiger partial charge is 0.497 e. The van der Waals surface area contributed by atoms with Crippen molar-refractivity contribution >= 4 is 28.6 Å². The normalized spacial score (nSPS) is 10.8. The number of imidazole rings is 1. The van der Waals surface area contributed by atoms with Crippen LogP contribution in [0.5, 0.6) is 5.75 Å². The topological polar surface area (TPSA) is 104 Å². The second-order valence-corrected chi connectivity index (χ2v) is 7.90. The number of hydrogen-bond donors (Lipinski definition) is 1. The van der Waals surface area contributed by atoms with Crippen molar-refractivity contribution in [3.8, 4) is 17.3 Å². The van der Waals surface area contributed by atoms with Crippen LogP contribution in [0.4, 0.5) is 11.5 Å². The van der Waals surface area contributed by atoms with Crippen LogP contribution in [-0.4, -0.2) is 44.2 Å². The summed E-state index contributed by atoms with van der Waals surface area (Å²) < 4.78 is 12.4. The van der Waals surface area contributed by atoms with Gasteiger partial charge in [0.05, 0.1) is 25.8 Å². The van der Waals surface area contributed by atoms with Gasteiger partial charge in [0.1, 0.15) is 17.8 Å². The Morgan fingerprint density at radius 1 is 0.972 bits per heavy atom. The lowest BCUT2D eigenvalue weighted by atomic mass is 10.2. The molecule has 0 atom stereocenters. The SMILES string of the molecule is CCOC(=O)c1ccc(Nc2ncnc3c2nc(-c2ccccn2)n3Cc2ccc(OC)cc2)cc1. The molecule has 0 aliphatic heterocycles. The molecule has 0 aliphatic carbocycles. The average Bonchev–Trinajstić information content (AvgIpc) is 3.29. The summed E-state index contributed by atoms with van der Waals surface area (Å²) in [4.78, 5) is 30.4. The third-order valence-electron chi connectivity index (χ3n) is 5.58. The lowest BCUT2D eigenvalue weighted by molar-refractivity contribution is 0.0526. The van der Waals surface area contributed by atoms with Crippen molar-refractivity contribution in [2.45, 2.75) is 13.5 Å². The first-order valence-electron chi connectivity index (χ1n) is 11.5. The minimum absolute atomic E-state index is 0.329. The monoisotopic (exact) mass is 480 g/mol. The van der Waals surface area contributed by atoms with Crippen molar-refractivity contribution in [2.75, 3.05) is 19.0 Å². The first-order valence-corrected chi connectivity index (χ1v) is 11.5. The summed E-state index contributed by atoms with van der Waals surface area (Å²) in [5, 5.41) is 3.30. The summed E-state index contributed by atoms with van der Waals surface area (Å²) in [6, 6.07) is 20.6. The smallest absolute Gasteiger partial charge is 0.338 e. The van der Waals surface area contributed by atoms with E-state index in [-0.39, 0.29) is 5.97 Å². The van der Waals surface area contributed by atoms with Crippen molar-refractivity contribution in [1.29, 1.82) is 0 Å². The maximum Gasteiger partial charge on any atom is 0.338 e. The maximum absolute atomic E-state index is 12.0. The molecule has 0 unspecified atom stereocenters. The van der Waals surface area contributed by atoms with Crippen molar-refractivity contribution in [1.82, 2.24) is 24.5 Å². The number of rotatable bonds is 8. The van der Waals surface area contributed by atoms with Crippen LogP contribution in [0.25, 0.3) is 22.7 Å². The molecule has 5 aromatic rings. The van der Waals surface area contributed by atoms with Crippen LogP contribution in [0.15, 0.2) is 79.3 Å². The third-order valence-corrected chi connectivity index (χ3v) is 5.58. The number of anilines is 2. The Morgan fingerprint density at radius 2 is 1.78 bits per heavy atom. The number of nitrogens with zero attached hydrogens (tertiary/aromatic N) is 5. The van der Waals surface area contributed by atoms with Gasteiger partial charge in [0.25, 0.3) is 0 Å². The minimum atomic E-state index is -0.356. The lowest BCUT2D eigenvalue weighted by Gasteiger charge is -2.10. The Bertz CT molecular complexity index is 1480. The molecule has 0 saturated heterocycles. The number of esters is 1. The second-order valence-electron chi connectivity index (χ2n) is 7.90. The van der Waals surface area contributed by atoms with Gasteiger partial charge in [-0.05, 0) is 61.0 Å². The van der Waals surface area contributed by atoms with E-state index in [2.05, 4.69) is 20.3 Å². The molecular formula is C27H24N6O3. The number of fused-ring (bicyclic) bond motifs is 1. The molecule has 3 heterocycles. The highest BCUT2D eigenvalue weighted by Crippen LogP contribution is 2.28. The number of carbonyl (C=O) groups excluding carboxylic acids is 1. The molecule has 1 N–H and O–H groups in total. The van der Waals surface area contributed by atoms with Crippen LogP contribution < -0.4 is 10.1 Å². The van der Waals surface area contributed by atoms with Crippen LogP contribution >= 0.6 is 0 Å². The summed E-state index contributed by atoms with van der Waals surface area (Å²) in [7, 11) is 1.65. The van der Waals surface area contributed by atoms with Crippen molar-refractivity contribution in [3.05, 3.63) is 90.4 Å². The number of hydrogen-bond acceptors (Lipinski definition) is 8. The number of methoxy groups -OCH3 is 1. The molecule has 0 aliphatic rings. The molecule has 5 rings (SSSR count). The highest BCUT2D eigenvalue weighted by molar-refractivity contribution is 5.91. The van der Waals surface area contributed by atoms with Crippen molar-refractivity contribution in [3.63, 3.8) is 0 Å². The predicted molar refractivity (Wildman–Crippen MR) is 136 cm³/mol. The first-order chi connectivity index (χ1) is 17.7. The Kier molecular flexibility index (Phi) is 6.53. The van der Waals surface area contributed by atoms with E-state index in [0.717, 1.165) is 22.7 Å². The van der Waals surface area contributed by atoms with Gasteiger partial charge in [-0.15, -0.1) is 0 Å². The van der Waals surface area contributed by atoms with Crippen LogP contribution in [0.1, 0.15) is 22.8 Å². The number of benzene rings is 2. The van der Waals surface area contributed by atoms with Gasteiger partial charge in [0.15, 0.2) is 22.8 Å². The first kappa shape index (κ1) is 23.0. The van der Waals surface area contributed by atoms with Gasteiger partial charge in [-0.2, -0.15) is 0 Å². The summed E-state index contributed by atoms with van der Waals surface area (Å²) in [6.07, 6.45) is 3.24. The molecule has 0 fully saturated rings. The fraction of sp³-hybridized carbons (Fsp3) is 0.148. The Morgan fingerprint density at radius 3 is 2.47 bits per heavy atom. The molecule has 0 amide bonds. The van der Waals surface area contributed by atoms with E-state index in [4.69, 9.17) is 14.5 Å². The van der Waals surface area contributed by atoms with Crippen molar-refractivity contribution in [2.24, 2.45) is 0 Å². The Balaban J connectivity index is 1.53. The van der Waals surface area contributed by atoms with E-state index < -0.39 is 0 Å². The van der Waals surface area contributed by atoms with Gasteiger partial charge in [-0.25, -0.2) is 19.7 Å². The molecule has 0 saturated carbocycles. The predicted octanol–water partition coefficient (Wildman–Crippen LogP) is 4.87. The number of pyridine rings is 1. The summed E-state index contributed by atoms with van der Waals surface area (Å²) in [6.45, 7) is 2.65. The van der Waals surface area contributed by atoms with Crippen molar-refractivity contribution < 1.29 is 14.3 Å². The van der Waals surface area contributed by atoms with Gasteiger partial charge in [-0.3, -0.25) is 4.98 Å². The van der Waals surface area contributed by atoms with Crippen LogP contribution in [0.3, 0.4) is 0 Å². The van der Waals surface area contributed by atoms with E-state index in [1.165, 1.54) is 6.33 Å². The molecule has 3 aromatic heterocycles. The van der Waals surface area contributed by atoms with Crippen LogP contribution in [0.2, 0.25) is 0 Å². The number of carbonyl (C=O) groups is 1. The van der Waals surface area contributed by atoms with Gasteiger partial charge >= 0.3 is 5.97 Å². The van der Waals surface area contributed by atoms with Gasteiger partial charge in [0.2, 0.25) is 0 Å². The molecule has 0 spiro atoms. The second kappa shape index (κ2) is 10.2. The zero-order valence-electron chi connectivity index (χ0n) is 19.9. The van der Waals surface area contributed by atoms with Gasteiger partial charge in [0, 0.05) is 11.9 Å². The molecule has 0 bridgehead atoms. The summed E-state index contributed by atoms with van der Waals surface area (Å²) in [5.74, 6) is 1.67. The fourth-order valence-electron chi connectivity index (χ4n) is 3.82. The molecule has 180 valence electrons. The van der Waals surface area contributed by atoms with E-state index in [1.807, 2.05) is 47.0 Å². The van der Waals surface area contributed by atoms with Crippen LogP contribution in [0, 0.1) is 0 Å². The average molecular weight is 481 g/mol. The molecular weight excluding hydrogens is 456 g/mol. The maximum atomic E-state index is 12.0. The molecule has 2 aromatic carbocycles. The highest BCUT2D eigenvalue weighted by Gasteiger charge is 2.19. The van der Waals surface area contributed by atoms with Crippen LogP contribution in [-0.2, 0) is 11.3 Å². The number of aromatic nitrogens is 5. The van der Waals surface area contributed by atoms with E-state index >= 15 is 0 Å². The van der Waals surface area contributed by atoms with E-state index in [9.17, 15) is 4.79 Å². The number of ether oxygens (including phenoxy) is 2. The Hall–Kier alpha value is -4.79. The molecule has 9 heteroatoms. The highest BCUT2D eigenvalue weighted by atomic mass is 16.5. The quantitative estimate of drug-likeness (QED) is 0.314. The summed E-state index contributed by atoms with van der Waals surface area (Å²) >= 11 is 0. The zero-order valence-corrected chi connectivity index (χ0v) is 19.9. The Labute approximate surface area is 207 Å². The van der Waals surface area contributed by atoms with Gasteiger partial charge < -0.3 is 19.4 Å². The minimum Gasteiger partial charge on any atom is -0.497 e. The summed E-state index contributed by atoms with van der Waals surface area (Å²) in [5.41, 5.74) is 4.32. The molecule has 9 nitrogen and oxygen atoms in total. The van der Waals surface area contributed by atoms with E-state index in [0.29, 0.717) is 41.5 Å². The van der Waals surface area contributed by atoms with E-state index in [1.54, 1.807) is 44.5 Å². The zero-order chi connectivity index (χ0) is 24.9.